The number of aromatic nitrogens is 2. The number of cyclic esters (lactones) is 1. The van der Waals surface area contributed by atoms with Gasteiger partial charge in [-0.2, -0.15) is 8.78 Å². The lowest BCUT2D eigenvalue weighted by Crippen LogP contribution is -2.46. The predicted molar refractivity (Wildman–Crippen MR) is 117 cm³/mol. The van der Waals surface area contributed by atoms with Gasteiger partial charge in [0.1, 0.15) is 24.5 Å². The van der Waals surface area contributed by atoms with E-state index in [4.69, 9.17) is 28.4 Å². The first-order chi connectivity index (χ1) is 18.2. The van der Waals surface area contributed by atoms with Gasteiger partial charge in [-0.25, -0.2) is 14.0 Å². The van der Waals surface area contributed by atoms with Crippen LogP contribution in [0, 0.1) is 17.5 Å². The van der Waals surface area contributed by atoms with Gasteiger partial charge in [0, 0.05) is 38.6 Å². The van der Waals surface area contributed by atoms with Gasteiger partial charge < -0.3 is 33.2 Å². The fraction of sp³-hybridized carbons (Fsp3) is 0.522. The standard InChI is InChI=1S/C23H23F3N2O10/c1-32-23(3-6-33-7-4-23)38-11-8-14(28-5-2-13(29)27-22(28)31)37-12(11)9-34-20-17(25)16(24)15-19(18(20)26)35-10-36-21(15)30/h2,5,11-12,14H,3-4,6-10H2,1H3,(H,27,29,31)/t11-,12+,14+/m0/s1. The Morgan fingerprint density at radius 1 is 1.11 bits per heavy atom. The van der Waals surface area contributed by atoms with Crippen LogP contribution in [0.25, 0.3) is 0 Å². The summed E-state index contributed by atoms with van der Waals surface area (Å²) in [5, 5.41) is 0. The molecule has 2 saturated heterocycles. The Balaban J connectivity index is 1.42. The zero-order valence-electron chi connectivity index (χ0n) is 20.0. The first-order valence-corrected chi connectivity index (χ1v) is 11.6. The van der Waals surface area contributed by atoms with Gasteiger partial charge in [0.2, 0.25) is 18.4 Å². The SMILES string of the molecule is COC1(O[C@H]2C[C@H](n3ccc(=O)[nH]c3=O)O[C@@H]2COc2c(F)c(F)c3c(c2F)OCOC3=O)CCOCC1. The van der Waals surface area contributed by atoms with E-state index in [2.05, 4.69) is 9.72 Å². The predicted octanol–water partition coefficient (Wildman–Crippen LogP) is 1.37. The highest BCUT2D eigenvalue weighted by molar-refractivity contribution is 5.94. The normalized spacial score (nSPS) is 24.4. The second-order valence-corrected chi connectivity index (χ2v) is 8.75. The molecule has 2 fully saturated rings. The van der Waals surface area contributed by atoms with Gasteiger partial charge >= 0.3 is 11.7 Å². The van der Waals surface area contributed by atoms with E-state index >= 15 is 4.39 Å². The molecule has 0 radical (unpaired) electrons. The molecule has 1 N–H and O–H groups in total. The summed E-state index contributed by atoms with van der Waals surface area (Å²) in [5.41, 5.74) is -2.37. The van der Waals surface area contributed by atoms with E-state index < -0.39 is 89.4 Å². The largest absolute Gasteiger partial charge is 0.485 e. The summed E-state index contributed by atoms with van der Waals surface area (Å²) in [5.74, 6) is -9.19. The molecular formula is C23H23F3N2O10. The second kappa shape index (κ2) is 10.4. The lowest BCUT2D eigenvalue weighted by Gasteiger charge is -2.38. The number of hydrogen-bond acceptors (Lipinski definition) is 10. The van der Waals surface area contributed by atoms with E-state index in [0.717, 1.165) is 10.6 Å². The summed E-state index contributed by atoms with van der Waals surface area (Å²) in [6, 6.07) is 1.13. The molecule has 0 spiro atoms. The van der Waals surface area contributed by atoms with Crippen LogP contribution in [0.3, 0.4) is 0 Å². The Bertz CT molecular complexity index is 1340. The van der Waals surface area contributed by atoms with Crippen molar-refractivity contribution in [3.05, 3.63) is 56.1 Å². The Morgan fingerprint density at radius 3 is 2.58 bits per heavy atom. The first-order valence-electron chi connectivity index (χ1n) is 11.6. The quantitative estimate of drug-likeness (QED) is 0.309. The third-order valence-electron chi connectivity index (χ3n) is 6.56. The van der Waals surface area contributed by atoms with Crippen LogP contribution in [0.2, 0.25) is 0 Å². The number of esters is 1. The van der Waals surface area contributed by atoms with Gasteiger partial charge in [0.15, 0.2) is 23.1 Å². The molecule has 0 unspecified atom stereocenters. The van der Waals surface area contributed by atoms with Crippen LogP contribution >= 0.6 is 0 Å². The first kappa shape index (κ1) is 26.2. The average molecular weight is 544 g/mol. The molecule has 4 heterocycles. The fourth-order valence-electron chi connectivity index (χ4n) is 4.57. The van der Waals surface area contributed by atoms with Crippen molar-refractivity contribution >= 4 is 5.97 Å². The Hall–Kier alpha value is -3.40. The molecular weight excluding hydrogens is 521 g/mol. The Morgan fingerprint density at radius 2 is 1.87 bits per heavy atom. The molecule has 0 aliphatic carbocycles. The highest BCUT2D eigenvalue weighted by Crippen LogP contribution is 2.40. The summed E-state index contributed by atoms with van der Waals surface area (Å²) in [6.07, 6.45) is -0.729. The number of fused-ring (bicyclic) bond motifs is 1. The maximum absolute atomic E-state index is 15.0. The number of methoxy groups -OCH3 is 1. The number of carbonyl (C=O) groups excluding carboxylic acids is 1. The van der Waals surface area contributed by atoms with Crippen LogP contribution in [0.5, 0.6) is 11.5 Å². The maximum Gasteiger partial charge on any atom is 0.348 e. The molecule has 0 bridgehead atoms. The third-order valence-corrected chi connectivity index (χ3v) is 6.56. The molecule has 0 saturated carbocycles. The van der Waals surface area contributed by atoms with Crippen LogP contribution < -0.4 is 20.7 Å². The molecule has 0 amide bonds. The summed E-state index contributed by atoms with van der Waals surface area (Å²) < 4.78 is 83.2. The zero-order chi connectivity index (χ0) is 27.0. The summed E-state index contributed by atoms with van der Waals surface area (Å²) >= 11 is 0. The number of halogens is 3. The van der Waals surface area contributed by atoms with E-state index in [0.29, 0.717) is 26.1 Å². The van der Waals surface area contributed by atoms with Gasteiger partial charge in [-0.05, 0) is 0 Å². The maximum atomic E-state index is 15.0. The third kappa shape index (κ3) is 4.77. The highest BCUT2D eigenvalue weighted by atomic mass is 19.2. The molecule has 38 heavy (non-hydrogen) atoms. The van der Waals surface area contributed by atoms with E-state index in [1.807, 2.05) is 0 Å². The van der Waals surface area contributed by atoms with Crippen molar-refractivity contribution in [2.24, 2.45) is 0 Å². The van der Waals surface area contributed by atoms with Gasteiger partial charge in [0.05, 0.1) is 19.3 Å². The van der Waals surface area contributed by atoms with E-state index in [9.17, 15) is 23.2 Å². The fourth-order valence-corrected chi connectivity index (χ4v) is 4.57. The number of carbonyl (C=O) groups is 1. The van der Waals surface area contributed by atoms with Crippen molar-refractivity contribution < 1.29 is 51.1 Å². The molecule has 2 aromatic rings. The van der Waals surface area contributed by atoms with Gasteiger partial charge in [-0.15, -0.1) is 0 Å². The summed E-state index contributed by atoms with van der Waals surface area (Å²) in [4.78, 5) is 37.7. The van der Waals surface area contributed by atoms with Crippen molar-refractivity contribution in [2.75, 3.05) is 33.7 Å². The lowest BCUT2D eigenvalue weighted by atomic mass is 10.1. The summed E-state index contributed by atoms with van der Waals surface area (Å²) in [6.45, 7) is -0.517. The Labute approximate surface area is 212 Å². The number of ether oxygens (including phenoxy) is 7. The van der Waals surface area contributed by atoms with Crippen molar-refractivity contribution in [1.29, 1.82) is 0 Å². The van der Waals surface area contributed by atoms with E-state index in [1.54, 1.807) is 0 Å². The smallest absolute Gasteiger partial charge is 0.348 e. The monoisotopic (exact) mass is 544 g/mol. The molecule has 1 aromatic carbocycles. The molecule has 206 valence electrons. The second-order valence-electron chi connectivity index (χ2n) is 8.75. The molecule has 3 atom stereocenters. The molecule has 5 rings (SSSR count). The number of H-pyrrole nitrogens is 1. The number of rotatable bonds is 7. The molecule has 1 aromatic heterocycles. The number of nitrogens with zero attached hydrogens (tertiary/aromatic N) is 1. The topological polar surface area (TPSA) is 137 Å². The van der Waals surface area contributed by atoms with Gasteiger partial charge in [0.25, 0.3) is 5.56 Å². The minimum absolute atomic E-state index is 0.0738. The van der Waals surface area contributed by atoms with E-state index in [1.165, 1.54) is 13.3 Å². The van der Waals surface area contributed by atoms with Crippen LogP contribution in [-0.2, 0) is 23.7 Å². The average Bonchev–Trinajstić information content (AvgIpc) is 3.29. The Kier molecular flexibility index (Phi) is 7.17. The van der Waals surface area contributed by atoms with Crippen LogP contribution in [0.15, 0.2) is 21.9 Å². The summed E-state index contributed by atoms with van der Waals surface area (Å²) in [7, 11) is 1.46. The molecule has 3 aliphatic rings. The van der Waals surface area contributed by atoms with Crippen molar-refractivity contribution in [3.8, 4) is 11.5 Å². The number of benzene rings is 1. The van der Waals surface area contributed by atoms with Crippen LogP contribution in [0.4, 0.5) is 13.2 Å². The highest BCUT2D eigenvalue weighted by Gasteiger charge is 2.45. The zero-order valence-corrected chi connectivity index (χ0v) is 20.0. The van der Waals surface area contributed by atoms with Crippen molar-refractivity contribution in [2.45, 2.75) is 43.5 Å². The molecule has 3 aliphatic heterocycles. The van der Waals surface area contributed by atoms with E-state index in [-0.39, 0.29) is 6.42 Å². The van der Waals surface area contributed by atoms with Crippen molar-refractivity contribution in [1.82, 2.24) is 9.55 Å². The van der Waals surface area contributed by atoms with Crippen LogP contribution in [-0.4, -0.2) is 67.2 Å². The minimum atomic E-state index is -1.76. The van der Waals surface area contributed by atoms with Crippen LogP contribution in [0.1, 0.15) is 35.8 Å². The number of nitrogens with one attached hydrogen (secondary N) is 1. The number of hydrogen-bond donors (Lipinski definition) is 1. The number of aromatic amines is 1. The molecule has 12 nitrogen and oxygen atoms in total. The lowest BCUT2D eigenvalue weighted by molar-refractivity contribution is -0.281. The van der Waals surface area contributed by atoms with Crippen molar-refractivity contribution in [3.63, 3.8) is 0 Å². The van der Waals surface area contributed by atoms with Gasteiger partial charge in [-0.3, -0.25) is 14.3 Å². The minimum Gasteiger partial charge on any atom is -0.485 e. The molecule has 15 heteroatoms. The van der Waals surface area contributed by atoms with Gasteiger partial charge in [-0.1, -0.05) is 0 Å².